The van der Waals surface area contributed by atoms with Crippen molar-refractivity contribution in [2.45, 2.75) is 31.7 Å². The molecule has 4 heteroatoms. The number of nitrogens with zero attached hydrogens (tertiary/aromatic N) is 2. The van der Waals surface area contributed by atoms with E-state index < -0.39 is 0 Å². The van der Waals surface area contributed by atoms with Crippen molar-refractivity contribution in [3.05, 3.63) is 24.5 Å². The van der Waals surface area contributed by atoms with Gasteiger partial charge in [-0.3, -0.25) is 9.78 Å². The zero-order valence-corrected chi connectivity index (χ0v) is 10.2. The molecule has 1 amide bonds. The molecule has 1 aliphatic carbocycles. The summed E-state index contributed by atoms with van der Waals surface area (Å²) < 4.78 is 0. The number of nitrogens with one attached hydrogen (secondary N) is 1. The molecule has 4 nitrogen and oxygen atoms in total. The Balaban J connectivity index is 1.83. The van der Waals surface area contributed by atoms with Crippen LogP contribution in [0.3, 0.4) is 0 Å². The maximum atomic E-state index is 11.9. The topological polar surface area (TPSA) is 45.2 Å². The largest absolute Gasteiger partial charge is 0.313 e. The van der Waals surface area contributed by atoms with Crippen molar-refractivity contribution in [2.24, 2.45) is 0 Å². The molecule has 1 aromatic heterocycles. The van der Waals surface area contributed by atoms with Crippen molar-refractivity contribution in [3.8, 4) is 0 Å². The smallest absolute Gasteiger partial charge is 0.240 e. The molecule has 0 bridgehead atoms. The van der Waals surface area contributed by atoms with Crippen molar-refractivity contribution >= 4 is 11.6 Å². The Kier molecular flexibility index (Phi) is 4.09. The fraction of sp³-hybridized carbons (Fsp3) is 0.538. The van der Waals surface area contributed by atoms with Gasteiger partial charge < -0.3 is 10.2 Å². The molecule has 2 rings (SSSR count). The van der Waals surface area contributed by atoms with E-state index in [4.69, 9.17) is 0 Å². The van der Waals surface area contributed by atoms with Gasteiger partial charge in [0, 0.05) is 19.3 Å². The highest BCUT2D eigenvalue weighted by Crippen LogP contribution is 2.17. The van der Waals surface area contributed by atoms with E-state index in [2.05, 4.69) is 10.3 Å². The third kappa shape index (κ3) is 3.27. The van der Waals surface area contributed by atoms with E-state index in [9.17, 15) is 4.79 Å². The summed E-state index contributed by atoms with van der Waals surface area (Å²) in [5.74, 6) is 0.0879. The predicted molar refractivity (Wildman–Crippen MR) is 67.9 cm³/mol. The lowest BCUT2D eigenvalue weighted by molar-refractivity contribution is -0.117. The monoisotopic (exact) mass is 233 g/mol. The average molecular weight is 233 g/mol. The molecular formula is C13H19N3O. The van der Waals surface area contributed by atoms with Crippen molar-refractivity contribution in [3.63, 3.8) is 0 Å². The first-order chi connectivity index (χ1) is 8.27. The van der Waals surface area contributed by atoms with E-state index in [1.54, 1.807) is 24.3 Å². The standard InChI is InChI=1S/C13H19N3O/c1-16(12-7-4-8-14-9-12)13(17)10-15-11-5-2-3-6-11/h4,7-9,11,15H,2-3,5-6,10H2,1H3. The van der Waals surface area contributed by atoms with Crippen LogP contribution in [-0.4, -0.2) is 30.5 Å². The first-order valence-electron chi connectivity index (χ1n) is 6.17. The molecule has 0 aromatic carbocycles. The number of hydrogen-bond acceptors (Lipinski definition) is 3. The Labute approximate surface area is 102 Å². The zero-order valence-electron chi connectivity index (χ0n) is 10.2. The predicted octanol–water partition coefficient (Wildman–Crippen LogP) is 1.58. The third-order valence-electron chi connectivity index (χ3n) is 3.30. The van der Waals surface area contributed by atoms with Crippen LogP contribution < -0.4 is 10.2 Å². The molecule has 0 radical (unpaired) electrons. The summed E-state index contributed by atoms with van der Waals surface area (Å²) in [5.41, 5.74) is 0.839. The first kappa shape index (κ1) is 12.0. The van der Waals surface area contributed by atoms with Gasteiger partial charge in [-0.25, -0.2) is 0 Å². The Morgan fingerprint density at radius 3 is 2.94 bits per heavy atom. The molecule has 0 aliphatic heterocycles. The van der Waals surface area contributed by atoms with Gasteiger partial charge in [0.2, 0.25) is 5.91 Å². The van der Waals surface area contributed by atoms with Crippen LogP contribution in [0.5, 0.6) is 0 Å². The van der Waals surface area contributed by atoms with Gasteiger partial charge in [0.05, 0.1) is 18.4 Å². The molecule has 1 N–H and O–H groups in total. The van der Waals surface area contributed by atoms with Crippen LogP contribution in [0.1, 0.15) is 25.7 Å². The molecule has 1 fully saturated rings. The number of anilines is 1. The van der Waals surface area contributed by atoms with E-state index in [1.165, 1.54) is 25.7 Å². The van der Waals surface area contributed by atoms with Crippen LogP contribution in [0, 0.1) is 0 Å². The van der Waals surface area contributed by atoms with Gasteiger partial charge in [0.1, 0.15) is 0 Å². The number of hydrogen-bond donors (Lipinski definition) is 1. The molecule has 0 atom stereocenters. The molecule has 1 aliphatic rings. The Hall–Kier alpha value is -1.42. The van der Waals surface area contributed by atoms with E-state index in [0.717, 1.165) is 5.69 Å². The summed E-state index contributed by atoms with van der Waals surface area (Å²) in [6, 6.07) is 4.26. The molecular weight excluding hydrogens is 214 g/mol. The lowest BCUT2D eigenvalue weighted by Gasteiger charge is -2.18. The maximum absolute atomic E-state index is 11.9. The highest BCUT2D eigenvalue weighted by atomic mass is 16.2. The second-order valence-corrected chi connectivity index (χ2v) is 4.53. The minimum Gasteiger partial charge on any atom is -0.313 e. The number of pyridine rings is 1. The first-order valence-corrected chi connectivity index (χ1v) is 6.17. The van der Waals surface area contributed by atoms with Crippen LogP contribution in [0.25, 0.3) is 0 Å². The van der Waals surface area contributed by atoms with Crippen molar-refractivity contribution in [1.29, 1.82) is 0 Å². The quantitative estimate of drug-likeness (QED) is 0.858. The molecule has 17 heavy (non-hydrogen) atoms. The lowest BCUT2D eigenvalue weighted by atomic mass is 10.2. The number of rotatable bonds is 4. The van der Waals surface area contributed by atoms with E-state index in [1.807, 2.05) is 12.1 Å². The van der Waals surface area contributed by atoms with Gasteiger partial charge >= 0.3 is 0 Å². The molecule has 1 saturated carbocycles. The Bertz CT molecular complexity index is 360. The van der Waals surface area contributed by atoms with E-state index in [-0.39, 0.29) is 5.91 Å². The van der Waals surface area contributed by atoms with Crippen LogP contribution in [0.2, 0.25) is 0 Å². The number of carbonyl (C=O) groups excluding carboxylic acids is 1. The lowest BCUT2D eigenvalue weighted by Crippen LogP contribution is -2.39. The molecule has 1 aromatic rings. The van der Waals surface area contributed by atoms with Crippen LogP contribution >= 0.6 is 0 Å². The summed E-state index contributed by atoms with van der Waals surface area (Å²) in [6.07, 6.45) is 8.37. The minimum atomic E-state index is 0.0879. The van der Waals surface area contributed by atoms with Gasteiger partial charge in [0.15, 0.2) is 0 Å². The average Bonchev–Trinajstić information content (AvgIpc) is 2.89. The summed E-state index contributed by atoms with van der Waals surface area (Å²) in [5, 5.41) is 3.32. The van der Waals surface area contributed by atoms with Crippen molar-refractivity contribution < 1.29 is 4.79 Å². The van der Waals surface area contributed by atoms with Gasteiger partial charge in [-0.1, -0.05) is 12.8 Å². The molecule has 1 heterocycles. The maximum Gasteiger partial charge on any atom is 0.240 e. The van der Waals surface area contributed by atoms with Crippen LogP contribution in [-0.2, 0) is 4.79 Å². The number of amides is 1. The van der Waals surface area contributed by atoms with Gasteiger partial charge in [-0.15, -0.1) is 0 Å². The van der Waals surface area contributed by atoms with Crippen molar-refractivity contribution in [1.82, 2.24) is 10.3 Å². The second-order valence-electron chi connectivity index (χ2n) is 4.53. The third-order valence-corrected chi connectivity index (χ3v) is 3.30. The summed E-state index contributed by atoms with van der Waals surface area (Å²) in [6.45, 7) is 0.413. The van der Waals surface area contributed by atoms with Gasteiger partial charge in [-0.2, -0.15) is 0 Å². The van der Waals surface area contributed by atoms with Crippen LogP contribution in [0.15, 0.2) is 24.5 Å². The number of aromatic nitrogens is 1. The SMILES string of the molecule is CN(C(=O)CNC1CCCC1)c1cccnc1. The van der Waals surface area contributed by atoms with Gasteiger partial charge in [0.25, 0.3) is 0 Å². The van der Waals surface area contributed by atoms with Crippen LogP contribution in [0.4, 0.5) is 5.69 Å². The molecule has 92 valence electrons. The second kappa shape index (κ2) is 5.77. The van der Waals surface area contributed by atoms with E-state index >= 15 is 0 Å². The van der Waals surface area contributed by atoms with Gasteiger partial charge in [-0.05, 0) is 25.0 Å². The molecule has 0 saturated heterocycles. The Morgan fingerprint density at radius 2 is 2.29 bits per heavy atom. The van der Waals surface area contributed by atoms with Crippen molar-refractivity contribution in [2.75, 3.05) is 18.5 Å². The fourth-order valence-corrected chi connectivity index (χ4v) is 2.18. The zero-order chi connectivity index (χ0) is 12.1. The minimum absolute atomic E-state index is 0.0879. The fourth-order valence-electron chi connectivity index (χ4n) is 2.18. The summed E-state index contributed by atoms with van der Waals surface area (Å²) >= 11 is 0. The van der Waals surface area contributed by atoms with E-state index in [0.29, 0.717) is 12.6 Å². The highest BCUT2D eigenvalue weighted by Gasteiger charge is 2.17. The number of carbonyl (C=O) groups is 1. The number of likely N-dealkylation sites (N-methyl/N-ethyl adjacent to an activating group) is 1. The normalized spacial score (nSPS) is 16.1. The summed E-state index contributed by atoms with van der Waals surface area (Å²) in [7, 11) is 1.79. The highest BCUT2D eigenvalue weighted by molar-refractivity contribution is 5.94. The molecule has 0 unspecified atom stereocenters. The summed E-state index contributed by atoms with van der Waals surface area (Å²) in [4.78, 5) is 17.6. The Morgan fingerprint density at radius 1 is 1.53 bits per heavy atom. The molecule has 0 spiro atoms.